The van der Waals surface area contributed by atoms with Crippen LogP contribution in [0, 0.1) is 29.6 Å². The molecule has 0 saturated carbocycles. The topological polar surface area (TPSA) is 85.6 Å². The zero-order valence-electron chi connectivity index (χ0n) is 24.9. The second kappa shape index (κ2) is 11.6. The molecule has 5 unspecified atom stereocenters. The first-order valence-electron chi connectivity index (χ1n) is 15.2. The summed E-state index contributed by atoms with van der Waals surface area (Å²) in [7, 11) is 1.93. The Morgan fingerprint density at radius 2 is 2.12 bits per heavy atom. The molecular formula is C32H41FN6O2S. The summed E-state index contributed by atoms with van der Waals surface area (Å²) in [6, 6.07) is 2.34. The van der Waals surface area contributed by atoms with E-state index in [1.807, 2.05) is 23.3 Å². The number of halogens is 1. The van der Waals surface area contributed by atoms with Crippen LogP contribution in [-0.2, 0) is 30.5 Å². The smallest absolute Gasteiger partial charge is 0.318 e. The van der Waals surface area contributed by atoms with Crippen molar-refractivity contribution in [2.45, 2.75) is 77.0 Å². The lowest BCUT2D eigenvalue weighted by molar-refractivity contribution is -0.128. The van der Waals surface area contributed by atoms with Crippen molar-refractivity contribution in [2.75, 3.05) is 44.7 Å². The molecule has 4 aliphatic rings. The average Bonchev–Trinajstić information content (AvgIpc) is 3.51. The number of thiophene rings is 1. The van der Waals surface area contributed by atoms with Crippen molar-refractivity contribution >= 4 is 23.1 Å². The third-order valence-electron chi connectivity index (χ3n) is 10.3. The van der Waals surface area contributed by atoms with Crippen LogP contribution in [0.3, 0.4) is 0 Å². The fraction of sp³-hybridized carbons (Fsp3) is 0.625. The van der Waals surface area contributed by atoms with Crippen LogP contribution in [0.25, 0.3) is 0 Å². The number of carbonyl (C=O) groups excluding carboxylic acids is 1. The van der Waals surface area contributed by atoms with Crippen molar-refractivity contribution < 1.29 is 13.9 Å². The third-order valence-corrected chi connectivity index (χ3v) is 11.5. The van der Waals surface area contributed by atoms with Gasteiger partial charge in [0.25, 0.3) is 0 Å². The van der Waals surface area contributed by atoms with E-state index in [9.17, 15) is 14.4 Å². The fourth-order valence-corrected chi connectivity index (χ4v) is 8.72. The molecule has 2 aliphatic carbocycles. The highest BCUT2D eigenvalue weighted by Crippen LogP contribution is 2.51. The van der Waals surface area contributed by atoms with E-state index in [1.165, 1.54) is 22.1 Å². The van der Waals surface area contributed by atoms with Crippen LogP contribution in [0.2, 0.25) is 0 Å². The van der Waals surface area contributed by atoms with Crippen molar-refractivity contribution in [3.05, 3.63) is 45.3 Å². The van der Waals surface area contributed by atoms with Gasteiger partial charge in [-0.1, -0.05) is 13.5 Å². The number of rotatable bonds is 6. The van der Waals surface area contributed by atoms with Gasteiger partial charge in [-0.05, 0) is 86.4 Å². The molecule has 2 saturated heterocycles. The summed E-state index contributed by atoms with van der Waals surface area (Å²) in [5.41, 5.74) is 5.28. The minimum Gasteiger partial charge on any atom is -0.462 e. The van der Waals surface area contributed by atoms with Gasteiger partial charge in [-0.25, -0.2) is 4.39 Å². The van der Waals surface area contributed by atoms with E-state index < -0.39 is 6.17 Å². The van der Waals surface area contributed by atoms with Gasteiger partial charge < -0.3 is 14.5 Å². The summed E-state index contributed by atoms with van der Waals surface area (Å²) in [5.74, 6) is 1.17. The summed E-state index contributed by atoms with van der Waals surface area (Å²) in [4.78, 5) is 30.1. The van der Waals surface area contributed by atoms with Crippen molar-refractivity contribution in [3.63, 3.8) is 0 Å². The monoisotopic (exact) mass is 592 g/mol. The third kappa shape index (κ3) is 5.30. The number of nitrogens with zero attached hydrogens (tertiary/aromatic N) is 6. The molecule has 1 spiro atoms. The minimum atomic E-state index is -0.839. The maximum absolute atomic E-state index is 14.1. The Hall–Kier alpha value is -3.03. The number of likely N-dealkylation sites (N-methyl/N-ethyl adjacent to an activating group) is 1. The zero-order valence-corrected chi connectivity index (χ0v) is 25.8. The predicted molar refractivity (Wildman–Crippen MR) is 162 cm³/mol. The molecule has 2 aliphatic heterocycles. The van der Waals surface area contributed by atoms with Crippen LogP contribution in [0.1, 0.15) is 53.4 Å². The number of piperazine rings is 1. The molecule has 42 heavy (non-hydrogen) atoms. The van der Waals surface area contributed by atoms with Crippen LogP contribution in [0.5, 0.6) is 6.01 Å². The molecule has 0 radical (unpaired) electrons. The zero-order chi connectivity index (χ0) is 29.6. The molecule has 10 heteroatoms. The van der Waals surface area contributed by atoms with Gasteiger partial charge in [0, 0.05) is 42.7 Å². The van der Waals surface area contributed by atoms with Gasteiger partial charge in [-0.3, -0.25) is 9.69 Å². The molecule has 0 N–H and O–H groups in total. The largest absolute Gasteiger partial charge is 0.462 e. The first kappa shape index (κ1) is 29.1. The first-order chi connectivity index (χ1) is 20.2. The normalized spacial score (nSPS) is 29.2. The molecule has 2 aromatic rings. The van der Waals surface area contributed by atoms with E-state index in [0.717, 1.165) is 49.2 Å². The SMILES string of the molecule is C=CC(=O)N1CCN(c2nc(OCC3CC(F)CN3C)nc3c2CC(C)C2(CCc4scc(C)c4C2)C3)CC1CC#N. The lowest BCUT2D eigenvalue weighted by Crippen LogP contribution is -2.55. The predicted octanol–water partition coefficient (Wildman–Crippen LogP) is 4.29. The fourth-order valence-electron chi connectivity index (χ4n) is 7.66. The standard InChI is InChI=1S/C32H41FN6O2S/c1-5-29(40)39-11-10-38(17-23(39)7-9-34)30-25-12-21(3)32(8-6-28-26(14-32)20(2)19-42-28)15-27(25)35-31(36-30)41-18-24-13-22(33)16-37(24)4/h5,19,21-24H,1,6-8,10-18H2,2-4H3. The summed E-state index contributed by atoms with van der Waals surface area (Å²) in [6.45, 7) is 10.6. The van der Waals surface area contributed by atoms with Crippen LogP contribution < -0.4 is 9.64 Å². The van der Waals surface area contributed by atoms with Crippen LogP contribution in [0.4, 0.5) is 10.2 Å². The van der Waals surface area contributed by atoms with Gasteiger partial charge in [0.2, 0.25) is 5.91 Å². The highest BCUT2D eigenvalue weighted by Gasteiger charge is 2.45. The quantitative estimate of drug-likeness (QED) is 0.463. The van der Waals surface area contributed by atoms with E-state index >= 15 is 0 Å². The number of hydrogen-bond donors (Lipinski definition) is 0. The van der Waals surface area contributed by atoms with Crippen LogP contribution in [0.15, 0.2) is 18.0 Å². The van der Waals surface area contributed by atoms with Crippen molar-refractivity contribution in [1.29, 1.82) is 5.26 Å². The number of carbonyl (C=O) groups is 1. The number of ether oxygens (including phenoxy) is 1. The number of aryl methyl sites for hydroxylation is 2. The Kier molecular flexibility index (Phi) is 8.01. The molecule has 0 bridgehead atoms. The number of amides is 1. The van der Waals surface area contributed by atoms with Crippen molar-refractivity contribution in [1.82, 2.24) is 19.8 Å². The van der Waals surface area contributed by atoms with E-state index in [-0.39, 0.29) is 29.8 Å². The van der Waals surface area contributed by atoms with Crippen molar-refractivity contribution in [2.24, 2.45) is 11.3 Å². The van der Waals surface area contributed by atoms with E-state index in [0.29, 0.717) is 51.1 Å². The highest BCUT2D eigenvalue weighted by atomic mass is 32.1. The molecule has 6 rings (SSSR count). The van der Waals surface area contributed by atoms with E-state index in [4.69, 9.17) is 14.7 Å². The Morgan fingerprint density at radius 3 is 2.86 bits per heavy atom. The molecule has 2 aromatic heterocycles. The molecular weight excluding hydrogens is 551 g/mol. The molecule has 2 fully saturated rings. The number of hydrogen-bond acceptors (Lipinski definition) is 8. The van der Waals surface area contributed by atoms with Gasteiger partial charge >= 0.3 is 6.01 Å². The summed E-state index contributed by atoms with van der Waals surface area (Å²) >= 11 is 1.90. The number of likely N-dealkylation sites (tertiary alicyclic amines) is 1. The maximum atomic E-state index is 14.1. The number of nitriles is 1. The molecule has 0 aromatic carbocycles. The first-order valence-corrected chi connectivity index (χ1v) is 16.1. The maximum Gasteiger partial charge on any atom is 0.318 e. The average molecular weight is 593 g/mol. The highest BCUT2D eigenvalue weighted by molar-refractivity contribution is 7.10. The van der Waals surface area contributed by atoms with Crippen LogP contribution in [-0.4, -0.2) is 83.8 Å². The molecule has 224 valence electrons. The molecule has 5 atom stereocenters. The van der Waals surface area contributed by atoms with Gasteiger partial charge in [0.05, 0.1) is 24.2 Å². The molecule has 1 amide bonds. The Labute approximate surface area is 252 Å². The number of aromatic nitrogens is 2. The van der Waals surface area contributed by atoms with Gasteiger partial charge in [0.15, 0.2) is 0 Å². The summed E-state index contributed by atoms with van der Waals surface area (Å²) in [6.07, 6.45) is 6.27. The lowest BCUT2D eigenvalue weighted by atomic mass is 9.59. The second-order valence-electron chi connectivity index (χ2n) is 12.8. The summed E-state index contributed by atoms with van der Waals surface area (Å²) in [5, 5.41) is 11.8. The number of alkyl halides is 1. The lowest BCUT2D eigenvalue weighted by Gasteiger charge is -2.47. The van der Waals surface area contributed by atoms with Gasteiger partial charge in [-0.2, -0.15) is 15.2 Å². The summed E-state index contributed by atoms with van der Waals surface area (Å²) < 4.78 is 20.3. The molecule has 4 heterocycles. The Morgan fingerprint density at radius 1 is 1.29 bits per heavy atom. The van der Waals surface area contributed by atoms with Crippen LogP contribution >= 0.6 is 11.3 Å². The molecule has 8 nitrogen and oxygen atoms in total. The van der Waals surface area contributed by atoms with Gasteiger partial charge in [0.1, 0.15) is 18.6 Å². The van der Waals surface area contributed by atoms with E-state index in [2.05, 4.69) is 36.8 Å². The minimum absolute atomic E-state index is 0.0127. The van der Waals surface area contributed by atoms with Gasteiger partial charge in [-0.15, -0.1) is 11.3 Å². The van der Waals surface area contributed by atoms with E-state index in [1.54, 1.807) is 4.90 Å². The number of fused-ring (bicyclic) bond motifs is 2. The Balaban J connectivity index is 1.33. The van der Waals surface area contributed by atoms with Crippen molar-refractivity contribution in [3.8, 4) is 12.1 Å². The second-order valence-corrected chi connectivity index (χ2v) is 13.8. The Bertz CT molecular complexity index is 1410. The number of anilines is 1.